The fraction of sp³-hybridized carbons (Fsp3) is 0.529. The van der Waals surface area contributed by atoms with Crippen molar-refractivity contribution >= 4 is 35.1 Å². The van der Waals surface area contributed by atoms with Crippen LogP contribution in [0.1, 0.15) is 12.0 Å². The molecule has 0 amide bonds. The Kier molecular flexibility index (Phi) is 8.90. The van der Waals surface area contributed by atoms with Crippen molar-refractivity contribution in [1.29, 1.82) is 0 Å². The number of hydrazone groups is 1. The van der Waals surface area contributed by atoms with Crippen LogP contribution in [0.25, 0.3) is 0 Å². The Hall–Kier alpha value is -1.61. The second-order valence-electron chi connectivity index (χ2n) is 5.67. The number of nitrogens with one attached hydrogen (secondary N) is 2. The lowest BCUT2D eigenvalue weighted by Gasteiger charge is -2.26. The zero-order valence-corrected chi connectivity index (χ0v) is 16.7. The van der Waals surface area contributed by atoms with Gasteiger partial charge in [0.05, 0.1) is 38.7 Å². The average Bonchev–Trinajstić information content (AvgIpc) is 2.65. The van der Waals surface area contributed by atoms with E-state index in [2.05, 4.69) is 20.7 Å². The molecule has 1 fully saturated rings. The molecule has 0 bridgehead atoms. The summed E-state index contributed by atoms with van der Waals surface area (Å²) in [7, 11) is 3.10. The summed E-state index contributed by atoms with van der Waals surface area (Å²) >= 11 is 11.4. The molecule has 1 saturated heterocycles. The van der Waals surface area contributed by atoms with Crippen molar-refractivity contribution in [1.82, 2.24) is 15.6 Å². The molecule has 0 spiro atoms. The van der Waals surface area contributed by atoms with Gasteiger partial charge in [0.25, 0.3) is 0 Å². The van der Waals surface area contributed by atoms with E-state index in [0.717, 1.165) is 51.4 Å². The van der Waals surface area contributed by atoms with Gasteiger partial charge in [-0.25, -0.2) is 0 Å². The lowest BCUT2D eigenvalue weighted by molar-refractivity contribution is 0.0376. The van der Waals surface area contributed by atoms with Gasteiger partial charge < -0.3 is 19.5 Å². The molecule has 0 unspecified atom stereocenters. The number of nitrogens with zero attached hydrogens (tertiary/aromatic N) is 2. The van der Waals surface area contributed by atoms with Crippen molar-refractivity contribution in [3.8, 4) is 11.5 Å². The Morgan fingerprint density at radius 1 is 1.35 bits per heavy atom. The van der Waals surface area contributed by atoms with E-state index in [9.17, 15) is 0 Å². The van der Waals surface area contributed by atoms with Gasteiger partial charge in [-0.3, -0.25) is 10.3 Å². The van der Waals surface area contributed by atoms with E-state index < -0.39 is 0 Å². The van der Waals surface area contributed by atoms with Gasteiger partial charge >= 0.3 is 0 Å². The van der Waals surface area contributed by atoms with Crippen molar-refractivity contribution < 1.29 is 14.2 Å². The van der Waals surface area contributed by atoms with Crippen LogP contribution in [-0.4, -0.2) is 69.8 Å². The van der Waals surface area contributed by atoms with Crippen molar-refractivity contribution in [3.05, 3.63) is 22.7 Å². The van der Waals surface area contributed by atoms with Crippen LogP contribution < -0.4 is 20.2 Å². The molecule has 1 aliphatic heterocycles. The van der Waals surface area contributed by atoms with E-state index in [-0.39, 0.29) is 0 Å². The van der Waals surface area contributed by atoms with Crippen molar-refractivity contribution in [2.45, 2.75) is 6.42 Å². The van der Waals surface area contributed by atoms with E-state index in [1.165, 1.54) is 0 Å². The first-order valence-electron chi connectivity index (χ1n) is 8.42. The number of methoxy groups -OCH3 is 2. The zero-order chi connectivity index (χ0) is 18.8. The fourth-order valence-corrected chi connectivity index (χ4v) is 3.00. The first-order chi connectivity index (χ1) is 12.6. The molecule has 2 N–H and O–H groups in total. The second-order valence-corrected chi connectivity index (χ2v) is 6.49. The third-order valence-corrected chi connectivity index (χ3v) is 4.39. The summed E-state index contributed by atoms with van der Waals surface area (Å²) in [6.45, 7) is 5.47. The molecular formula is C17H25ClN4O3S. The lowest BCUT2D eigenvalue weighted by atomic mass is 10.2. The largest absolute Gasteiger partial charge is 0.493 e. The Morgan fingerprint density at radius 3 is 2.81 bits per heavy atom. The summed E-state index contributed by atoms with van der Waals surface area (Å²) in [5.74, 6) is 1.04. The molecule has 7 nitrogen and oxygen atoms in total. The van der Waals surface area contributed by atoms with Gasteiger partial charge in [0.1, 0.15) is 0 Å². The monoisotopic (exact) mass is 400 g/mol. The summed E-state index contributed by atoms with van der Waals surface area (Å²) in [6, 6.07) is 3.53. The number of rotatable bonds is 8. The molecule has 1 heterocycles. The number of thiocarbonyl (C=S) groups is 1. The van der Waals surface area contributed by atoms with Crippen LogP contribution in [0.15, 0.2) is 17.2 Å². The number of benzene rings is 1. The number of halogens is 1. The van der Waals surface area contributed by atoms with Crippen molar-refractivity contribution in [3.63, 3.8) is 0 Å². The van der Waals surface area contributed by atoms with Gasteiger partial charge in [-0.1, -0.05) is 11.6 Å². The van der Waals surface area contributed by atoms with Crippen LogP contribution in [0, 0.1) is 0 Å². The molecule has 2 rings (SSSR count). The van der Waals surface area contributed by atoms with Crippen LogP contribution in [0.4, 0.5) is 0 Å². The summed E-state index contributed by atoms with van der Waals surface area (Å²) in [6.07, 6.45) is 2.63. The van der Waals surface area contributed by atoms with E-state index in [1.54, 1.807) is 32.6 Å². The van der Waals surface area contributed by atoms with E-state index in [0.29, 0.717) is 21.6 Å². The van der Waals surface area contributed by atoms with Gasteiger partial charge in [0.2, 0.25) is 0 Å². The molecule has 1 aromatic carbocycles. The van der Waals surface area contributed by atoms with Crippen LogP contribution in [0.3, 0.4) is 0 Å². The topological polar surface area (TPSA) is 67.4 Å². The molecule has 0 saturated carbocycles. The number of morpholine rings is 1. The molecule has 0 aromatic heterocycles. The van der Waals surface area contributed by atoms with Crippen LogP contribution in [0.2, 0.25) is 5.02 Å². The van der Waals surface area contributed by atoms with E-state index >= 15 is 0 Å². The fourth-order valence-electron chi connectivity index (χ4n) is 2.55. The maximum Gasteiger partial charge on any atom is 0.186 e. The highest BCUT2D eigenvalue weighted by molar-refractivity contribution is 7.80. The molecule has 0 radical (unpaired) electrons. The van der Waals surface area contributed by atoms with Crippen molar-refractivity contribution in [2.24, 2.45) is 5.10 Å². The summed E-state index contributed by atoms with van der Waals surface area (Å²) < 4.78 is 15.8. The van der Waals surface area contributed by atoms with E-state index in [4.69, 9.17) is 38.0 Å². The smallest absolute Gasteiger partial charge is 0.186 e. The highest BCUT2D eigenvalue weighted by Gasteiger charge is 2.10. The van der Waals surface area contributed by atoms with Crippen LogP contribution in [-0.2, 0) is 4.74 Å². The average molecular weight is 401 g/mol. The first kappa shape index (κ1) is 20.7. The van der Waals surface area contributed by atoms with Gasteiger partial charge in [0, 0.05) is 19.6 Å². The predicted molar refractivity (Wildman–Crippen MR) is 108 cm³/mol. The number of hydrogen-bond donors (Lipinski definition) is 2. The Bertz CT molecular complexity index is 624. The molecule has 9 heteroatoms. The van der Waals surface area contributed by atoms with Gasteiger partial charge in [-0.05, 0) is 42.9 Å². The van der Waals surface area contributed by atoms with Gasteiger partial charge in [0.15, 0.2) is 16.6 Å². The summed E-state index contributed by atoms with van der Waals surface area (Å²) in [4.78, 5) is 2.39. The maximum atomic E-state index is 6.17. The first-order valence-corrected chi connectivity index (χ1v) is 9.21. The number of ether oxygens (including phenoxy) is 3. The third kappa shape index (κ3) is 6.60. The van der Waals surface area contributed by atoms with Crippen LogP contribution >= 0.6 is 23.8 Å². The van der Waals surface area contributed by atoms with Crippen LogP contribution in [0.5, 0.6) is 11.5 Å². The van der Waals surface area contributed by atoms with Gasteiger partial charge in [-0.2, -0.15) is 5.10 Å². The molecule has 0 atom stereocenters. The third-order valence-electron chi connectivity index (χ3n) is 3.88. The summed E-state index contributed by atoms with van der Waals surface area (Å²) in [5, 5.41) is 8.20. The Morgan fingerprint density at radius 2 is 2.12 bits per heavy atom. The highest BCUT2D eigenvalue weighted by Crippen LogP contribution is 2.35. The van der Waals surface area contributed by atoms with E-state index in [1.807, 2.05) is 0 Å². The minimum atomic E-state index is 0.456. The SMILES string of the molecule is COc1cc(/C=N\NC(=S)NCCCN2CCOCC2)cc(Cl)c1OC. The predicted octanol–water partition coefficient (Wildman–Crippen LogP) is 1.88. The van der Waals surface area contributed by atoms with Crippen molar-refractivity contribution in [2.75, 3.05) is 53.6 Å². The standard InChI is InChI=1S/C17H25ClN4O3S/c1-23-15-11-13(10-14(18)16(15)24-2)12-20-21-17(26)19-4-3-5-22-6-8-25-9-7-22/h10-12H,3-9H2,1-2H3,(H2,19,21,26)/b20-12-. The molecule has 1 aromatic rings. The molecule has 144 valence electrons. The highest BCUT2D eigenvalue weighted by atomic mass is 35.5. The summed E-state index contributed by atoms with van der Waals surface area (Å²) in [5.41, 5.74) is 3.57. The Labute approximate surface area is 164 Å². The quantitative estimate of drug-likeness (QED) is 0.299. The molecule has 26 heavy (non-hydrogen) atoms. The minimum Gasteiger partial charge on any atom is -0.493 e. The maximum absolute atomic E-state index is 6.17. The molecule has 1 aliphatic rings. The van der Waals surface area contributed by atoms with Gasteiger partial charge in [-0.15, -0.1) is 0 Å². The minimum absolute atomic E-state index is 0.456. The number of hydrogen-bond acceptors (Lipinski definition) is 6. The normalized spacial score (nSPS) is 15.0. The Balaban J connectivity index is 1.72. The zero-order valence-electron chi connectivity index (χ0n) is 15.1. The second kappa shape index (κ2) is 11.2. The lowest BCUT2D eigenvalue weighted by Crippen LogP contribution is -2.39. The molecular weight excluding hydrogens is 376 g/mol. The molecule has 0 aliphatic carbocycles.